The molecule has 3 nitrogen and oxygen atoms in total. The topological polar surface area (TPSA) is 33.3 Å². The highest BCUT2D eigenvalue weighted by atomic mass is 35.5. The molecule has 0 amide bonds. The number of piperidine rings is 1. The SMILES string of the molecule is CC1(CC2CCCNC2)NCCO1.Cl. The zero-order chi connectivity index (χ0) is 9.15. The van der Waals surface area contributed by atoms with E-state index < -0.39 is 0 Å². The molecule has 0 aromatic rings. The van der Waals surface area contributed by atoms with E-state index in [1.807, 2.05) is 0 Å². The normalized spacial score (nSPS) is 37.9. The molecule has 0 aliphatic carbocycles. The molecule has 84 valence electrons. The molecule has 2 atom stereocenters. The zero-order valence-corrected chi connectivity index (χ0v) is 9.66. The van der Waals surface area contributed by atoms with E-state index in [-0.39, 0.29) is 18.1 Å². The highest BCUT2D eigenvalue weighted by Gasteiger charge is 2.32. The molecule has 0 bridgehead atoms. The summed E-state index contributed by atoms with van der Waals surface area (Å²) in [7, 11) is 0. The van der Waals surface area contributed by atoms with Crippen LogP contribution in [0.3, 0.4) is 0 Å². The van der Waals surface area contributed by atoms with Crippen LogP contribution in [-0.2, 0) is 4.74 Å². The fourth-order valence-corrected chi connectivity index (χ4v) is 2.42. The van der Waals surface area contributed by atoms with E-state index in [0.29, 0.717) is 0 Å². The predicted molar refractivity (Wildman–Crippen MR) is 59.8 cm³/mol. The Morgan fingerprint density at radius 2 is 2.29 bits per heavy atom. The molecule has 2 saturated heterocycles. The molecular formula is C10H21ClN2O. The van der Waals surface area contributed by atoms with Gasteiger partial charge in [0.25, 0.3) is 0 Å². The van der Waals surface area contributed by atoms with Gasteiger partial charge in [-0.15, -0.1) is 12.4 Å². The summed E-state index contributed by atoms with van der Waals surface area (Å²) < 4.78 is 5.70. The van der Waals surface area contributed by atoms with Gasteiger partial charge in [-0.3, -0.25) is 5.32 Å². The number of halogens is 1. The first kappa shape index (κ1) is 12.2. The molecule has 0 spiro atoms. The lowest BCUT2D eigenvalue weighted by Gasteiger charge is -2.31. The highest BCUT2D eigenvalue weighted by molar-refractivity contribution is 5.85. The van der Waals surface area contributed by atoms with Gasteiger partial charge >= 0.3 is 0 Å². The van der Waals surface area contributed by atoms with Crippen LogP contribution in [0.15, 0.2) is 0 Å². The second kappa shape index (κ2) is 5.31. The molecule has 2 aliphatic rings. The van der Waals surface area contributed by atoms with E-state index in [1.165, 1.54) is 25.9 Å². The van der Waals surface area contributed by atoms with E-state index in [4.69, 9.17) is 4.74 Å². The van der Waals surface area contributed by atoms with Gasteiger partial charge in [0.15, 0.2) is 0 Å². The number of ether oxygens (including phenoxy) is 1. The third-order valence-corrected chi connectivity index (χ3v) is 3.10. The largest absolute Gasteiger partial charge is 0.360 e. The fraction of sp³-hybridized carbons (Fsp3) is 1.00. The third kappa shape index (κ3) is 3.09. The summed E-state index contributed by atoms with van der Waals surface area (Å²) in [5.41, 5.74) is -0.0380. The van der Waals surface area contributed by atoms with Gasteiger partial charge in [0.05, 0.1) is 6.61 Å². The fourth-order valence-electron chi connectivity index (χ4n) is 2.42. The van der Waals surface area contributed by atoms with Crippen molar-refractivity contribution in [2.24, 2.45) is 5.92 Å². The van der Waals surface area contributed by atoms with Crippen molar-refractivity contribution >= 4 is 12.4 Å². The summed E-state index contributed by atoms with van der Waals surface area (Å²) in [4.78, 5) is 0. The van der Waals surface area contributed by atoms with Gasteiger partial charge in [0, 0.05) is 6.54 Å². The van der Waals surface area contributed by atoms with Crippen molar-refractivity contribution in [1.82, 2.24) is 10.6 Å². The molecule has 2 heterocycles. The lowest BCUT2D eigenvalue weighted by molar-refractivity contribution is -0.0158. The van der Waals surface area contributed by atoms with Gasteiger partial charge in [0.1, 0.15) is 5.72 Å². The second-order valence-corrected chi connectivity index (χ2v) is 4.42. The van der Waals surface area contributed by atoms with Crippen molar-refractivity contribution in [2.45, 2.75) is 31.9 Å². The van der Waals surface area contributed by atoms with Crippen LogP contribution in [0.1, 0.15) is 26.2 Å². The molecule has 2 rings (SSSR count). The van der Waals surface area contributed by atoms with Crippen LogP contribution in [0.5, 0.6) is 0 Å². The summed E-state index contributed by atoms with van der Waals surface area (Å²) in [6, 6.07) is 0. The molecule has 2 aliphatic heterocycles. The lowest BCUT2D eigenvalue weighted by atomic mass is 9.91. The van der Waals surface area contributed by atoms with Gasteiger partial charge in [-0.05, 0) is 45.2 Å². The van der Waals surface area contributed by atoms with Gasteiger partial charge in [0.2, 0.25) is 0 Å². The van der Waals surface area contributed by atoms with Crippen molar-refractivity contribution in [2.75, 3.05) is 26.2 Å². The molecular weight excluding hydrogens is 200 g/mol. The Bertz CT molecular complexity index is 166. The van der Waals surface area contributed by atoms with Crippen molar-refractivity contribution in [3.8, 4) is 0 Å². The summed E-state index contributed by atoms with van der Waals surface area (Å²) in [6.45, 7) is 6.42. The Balaban J connectivity index is 0.000000980. The number of rotatable bonds is 2. The summed E-state index contributed by atoms with van der Waals surface area (Å²) >= 11 is 0. The van der Waals surface area contributed by atoms with Crippen molar-refractivity contribution in [1.29, 1.82) is 0 Å². The van der Waals surface area contributed by atoms with E-state index >= 15 is 0 Å². The van der Waals surface area contributed by atoms with Gasteiger partial charge in [-0.2, -0.15) is 0 Å². The van der Waals surface area contributed by atoms with Crippen LogP contribution in [0, 0.1) is 5.92 Å². The zero-order valence-electron chi connectivity index (χ0n) is 8.84. The predicted octanol–water partition coefficient (Wildman–Crippen LogP) is 1.13. The monoisotopic (exact) mass is 220 g/mol. The molecule has 2 N–H and O–H groups in total. The molecule has 0 aromatic carbocycles. The third-order valence-electron chi connectivity index (χ3n) is 3.10. The average molecular weight is 221 g/mol. The summed E-state index contributed by atoms with van der Waals surface area (Å²) in [5, 5.41) is 6.87. The van der Waals surface area contributed by atoms with Crippen LogP contribution < -0.4 is 10.6 Å². The number of hydrogen-bond acceptors (Lipinski definition) is 3. The quantitative estimate of drug-likeness (QED) is 0.732. The first-order valence-corrected chi connectivity index (χ1v) is 5.38. The van der Waals surface area contributed by atoms with E-state index in [1.54, 1.807) is 0 Å². The smallest absolute Gasteiger partial charge is 0.116 e. The lowest BCUT2D eigenvalue weighted by Crippen LogP contribution is -2.42. The minimum absolute atomic E-state index is 0. The van der Waals surface area contributed by atoms with Crippen LogP contribution in [-0.4, -0.2) is 32.0 Å². The van der Waals surface area contributed by atoms with E-state index in [2.05, 4.69) is 17.6 Å². The molecule has 0 aromatic heterocycles. The van der Waals surface area contributed by atoms with Crippen LogP contribution in [0.25, 0.3) is 0 Å². The van der Waals surface area contributed by atoms with Crippen LogP contribution >= 0.6 is 12.4 Å². The molecule has 0 radical (unpaired) electrons. The standard InChI is InChI=1S/C10H20N2O.ClH/c1-10(12-5-6-13-10)7-9-3-2-4-11-8-9;/h9,11-12H,2-8H2,1H3;1H. The highest BCUT2D eigenvalue weighted by Crippen LogP contribution is 2.25. The van der Waals surface area contributed by atoms with Crippen LogP contribution in [0.4, 0.5) is 0 Å². The molecule has 4 heteroatoms. The molecule has 0 saturated carbocycles. The first-order valence-electron chi connectivity index (χ1n) is 5.38. The van der Waals surface area contributed by atoms with E-state index in [0.717, 1.165) is 25.5 Å². The molecule has 2 fully saturated rings. The Morgan fingerprint density at radius 1 is 1.43 bits per heavy atom. The maximum atomic E-state index is 5.70. The Kier molecular flexibility index (Phi) is 4.64. The average Bonchev–Trinajstić information content (AvgIpc) is 2.54. The van der Waals surface area contributed by atoms with Gasteiger partial charge in [-0.1, -0.05) is 0 Å². The number of nitrogens with one attached hydrogen (secondary N) is 2. The molecule has 2 unspecified atom stereocenters. The Morgan fingerprint density at radius 3 is 2.86 bits per heavy atom. The Labute approximate surface area is 92.4 Å². The van der Waals surface area contributed by atoms with Crippen LogP contribution in [0.2, 0.25) is 0 Å². The Hall–Kier alpha value is 0.170. The van der Waals surface area contributed by atoms with E-state index in [9.17, 15) is 0 Å². The molecule has 14 heavy (non-hydrogen) atoms. The van der Waals surface area contributed by atoms with Crippen molar-refractivity contribution in [3.05, 3.63) is 0 Å². The maximum Gasteiger partial charge on any atom is 0.116 e. The first-order chi connectivity index (χ1) is 6.29. The summed E-state index contributed by atoms with van der Waals surface area (Å²) in [6.07, 6.45) is 3.83. The maximum absolute atomic E-state index is 5.70. The summed E-state index contributed by atoms with van der Waals surface area (Å²) in [5.74, 6) is 0.796. The minimum atomic E-state index is -0.0380. The number of hydrogen-bond donors (Lipinski definition) is 2. The van der Waals surface area contributed by atoms with Crippen molar-refractivity contribution in [3.63, 3.8) is 0 Å². The second-order valence-electron chi connectivity index (χ2n) is 4.42. The van der Waals surface area contributed by atoms with Crippen molar-refractivity contribution < 1.29 is 4.74 Å². The minimum Gasteiger partial charge on any atom is -0.360 e. The van der Waals surface area contributed by atoms with Gasteiger partial charge in [-0.25, -0.2) is 0 Å². The van der Waals surface area contributed by atoms with Gasteiger partial charge < -0.3 is 10.1 Å².